The van der Waals surface area contributed by atoms with Gasteiger partial charge in [-0.15, -0.1) is 0 Å². The fourth-order valence-corrected chi connectivity index (χ4v) is 1.69. The van der Waals surface area contributed by atoms with E-state index in [1.54, 1.807) is 0 Å². The van der Waals surface area contributed by atoms with Crippen molar-refractivity contribution in [2.45, 2.75) is 13.0 Å². The molecule has 1 heterocycles. The molecule has 0 spiro atoms. The van der Waals surface area contributed by atoms with E-state index in [4.69, 9.17) is 0 Å². The molecule has 2 rings (SSSR count). The summed E-state index contributed by atoms with van der Waals surface area (Å²) in [5.41, 5.74) is 2.71. The smallest absolute Gasteiger partial charge is 0.0447 e. The number of rotatable bonds is 1. The Morgan fingerprint density at radius 3 is 2.54 bits per heavy atom. The zero-order valence-electron chi connectivity index (χ0n) is 8.01. The fraction of sp³-hybridized carbons (Fsp3) is 0.455. The second-order valence-electron chi connectivity index (χ2n) is 3.62. The third-order valence-corrected chi connectivity index (χ3v) is 2.52. The van der Waals surface area contributed by atoms with Crippen LogP contribution in [0.4, 0.5) is 0 Å². The summed E-state index contributed by atoms with van der Waals surface area (Å²) in [6, 6.07) is 9.26. The molecule has 2 nitrogen and oxygen atoms in total. The highest BCUT2D eigenvalue weighted by atomic mass is 15.1. The minimum atomic E-state index is 0.495. The molecular formula is C11H16N2. The van der Waals surface area contributed by atoms with E-state index in [-0.39, 0.29) is 0 Å². The summed E-state index contributed by atoms with van der Waals surface area (Å²) in [4.78, 5) is 0. The number of hydrogen-bond acceptors (Lipinski definition) is 2. The van der Waals surface area contributed by atoms with Crippen molar-refractivity contribution in [2.75, 3.05) is 19.6 Å². The molecule has 2 heteroatoms. The minimum absolute atomic E-state index is 0.495. The van der Waals surface area contributed by atoms with Crippen LogP contribution in [0.15, 0.2) is 24.3 Å². The predicted octanol–water partition coefficient (Wildman–Crippen LogP) is 1.23. The second kappa shape index (κ2) is 3.90. The Hall–Kier alpha value is -0.860. The Morgan fingerprint density at radius 2 is 1.92 bits per heavy atom. The second-order valence-corrected chi connectivity index (χ2v) is 3.62. The molecule has 0 aliphatic carbocycles. The Morgan fingerprint density at radius 1 is 1.15 bits per heavy atom. The number of aryl methyl sites for hydroxylation is 1. The quantitative estimate of drug-likeness (QED) is 0.672. The Bertz CT molecular complexity index is 260. The molecule has 0 aromatic heterocycles. The van der Waals surface area contributed by atoms with Crippen molar-refractivity contribution in [2.24, 2.45) is 0 Å². The van der Waals surface area contributed by atoms with Crippen molar-refractivity contribution in [1.82, 2.24) is 10.6 Å². The molecule has 70 valence electrons. The first-order valence-corrected chi connectivity index (χ1v) is 4.87. The first-order chi connectivity index (χ1) is 6.36. The van der Waals surface area contributed by atoms with Gasteiger partial charge in [0.25, 0.3) is 0 Å². The third kappa shape index (κ3) is 2.08. The van der Waals surface area contributed by atoms with Crippen LogP contribution in [0, 0.1) is 6.92 Å². The van der Waals surface area contributed by atoms with Gasteiger partial charge in [-0.2, -0.15) is 0 Å². The van der Waals surface area contributed by atoms with Crippen molar-refractivity contribution in [3.63, 3.8) is 0 Å². The van der Waals surface area contributed by atoms with E-state index in [1.165, 1.54) is 11.1 Å². The van der Waals surface area contributed by atoms with Crippen molar-refractivity contribution < 1.29 is 0 Å². The van der Waals surface area contributed by atoms with Gasteiger partial charge in [0.15, 0.2) is 0 Å². The van der Waals surface area contributed by atoms with Crippen LogP contribution in [0.25, 0.3) is 0 Å². The molecule has 1 aromatic rings. The van der Waals surface area contributed by atoms with Gasteiger partial charge in [-0.3, -0.25) is 0 Å². The monoisotopic (exact) mass is 176 g/mol. The van der Waals surface area contributed by atoms with Crippen LogP contribution >= 0.6 is 0 Å². The molecule has 1 aromatic carbocycles. The Labute approximate surface area is 79.4 Å². The average molecular weight is 176 g/mol. The van der Waals surface area contributed by atoms with Crippen LogP contribution in [0.1, 0.15) is 17.2 Å². The molecule has 2 N–H and O–H groups in total. The van der Waals surface area contributed by atoms with Gasteiger partial charge in [-0.05, 0) is 12.5 Å². The molecule has 0 radical (unpaired) electrons. The largest absolute Gasteiger partial charge is 0.314 e. The lowest BCUT2D eigenvalue weighted by molar-refractivity contribution is 0.430. The van der Waals surface area contributed by atoms with E-state index >= 15 is 0 Å². The zero-order valence-corrected chi connectivity index (χ0v) is 8.01. The van der Waals surface area contributed by atoms with E-state index in [1.807, 2.05) is 0 Å². The van der Waals surface area contributed by atoms with Gasteiger partial charge in [0, 0.05) is 25.7 Å². The molecule has 1 saturated heterocycles. The van der Waals surface area contributed by atoms with Gasteiger partial charge in [0.1, 0.15) is 0 Å². The molecule has 1 fully saturated rings. The molecule has 1 atom stereocenters. The number of nitrogens with one attached hydrogen (secondary N) is 2. The molecular weight excluding hydrogens is 160 g/mol. The SMILES string of the molecule is Cc1ccc(C2CNCCN2)cc1. The molecule has 0 amide bonds. The molecule has 0 bridgehead atoms. The van der Waals surface area contributed by atoms with E-state index in [0.717, 1.165) is 19.6 Å². The highest BCUT2D eigenvalue weighted by molar-refractivity contribution is 5.24. The maximum atomic E-state index is 3.49. The summed E-state index contributed by atoms with van der Waals surface area (Å²) in [7, 11) is 0. The lowest BCUT2D eigenvalue weighted by Crippen LogP contribution is -2.42. The number of hydrogen-bond donors (Lipinski definition) is 2. The topological polar surface area (TPSA) is 24.1 Å². The van der Waals surface area contributed by atoms with Crippen molar-refractivity contribution in [1.29, 1.82) is 0 Å². The number of piperazine rings is 1. The van der Waals surface area contributed by atoms with Crippen LogP contribution in [0.2, 0.25) is 0 Å². The van der Waals surface area contributed by atoms with Gasteiger partial charge in [0.05, 0.1) is 0 Å². The van der Waals surface area contributed by atoms with Crippen molar-refractivity contribution in [3.8, 4) is 0 Å². The average Bonchev–Trinajstić information content (AvgIpc) is 2.20. The minimum Gasteiger partial charge on any atom is -0.314 e. The summed E-state index contributed by atoms with van der Waals surface area (Å²) in [5, 5.41) is 6.88. The summed E-state index contributed by atoms with van der Waals surface area (Å²) in [5.74, 6) is 0. The fourth-order valence-electron chi connectivity index (χ4n) is 1.69. The number of benzene rings is 1. The van der Waals surface area contributed by atoms with E-state index in [9.17, 15) is 0 Å². The van der Waals surface area contributed by atoms with E-state index in [0.29, 0.717) is 6.04 Å². The van der Waals surface area contributed by atoms with Crippen LogP contribution in [-0.4, -0.2) is 19.6 Å². The first kappa shape index (κ1) is 8.73. The maximum Gasteiger partial charge on any atom is 0.0447 e. The third-order valence-electron chi connectivity index (χ3n) is 2.52. The molecule has 1 aliphatic heterocycles. The van der Waals surface area contributed by atoms with Crippen LogP contribution < -0.4 is 10.6 Å². The van der Waals surface area contributed by atoms with Crippen molar-refractivity contribution in [3.05, 3.63) is 35.4 Å². The van der Waals surface area contributed by atoms with Gasteiger partial charge in [-0.1, -0.05) is 29.8 Å². The predicted molar refractivity (Wildman–Crippen MR) is 54.8 cm³/mol. The van der Waals surface area contributed by atoms with Crippen LogP contribution in [0.3, 0.4) is 0 Å². The van der Waals surface area contributed by atoms with E-state index < -0.39 is 0 Å². The van der Waals surface area contributed by atoms with Crippen molar-refractivity contribution >= 4 is 0 Å². The molecule has 0 saturated carbocycles. The Kier molecular flexibility index (Phi) is 2.62. The van der Waals surface area contributed by atoms with Gasteiger partial charge in [-0.25, -0.2) is 0 Å². The van der Waals surface area contributed by atoms with Gasteiger partial charge >= 0.3 is 0 Å². The summed E-state index contributed by atoms with van der Waals surface area (Å²) in [6.45, 7) is 5.32. The highest BCUT2D eigenvalue weighted by Crippen LogP contribution is 2.13. The van der Waals surface area contributed by atoms with Gasteiger partial charge in [0.2, 0.25) is 0 Å². The maximum absolute atomic E-state index is 3.49. The van der Waals surface area contributed by atoms with Crippen LogP contribution in [0.5, 0.6) is 0 Å². The molecule has 1 unspecified atom stereocenters. The first-order valence-electron chi connectivity index (χ1n) is 4.87. The molecule has 13 heavy (non-hydrogen) atoms. The lowest BCUT2D eigenvalue weighted by atomic mass is 10.0. The Balaban J connectivity index is 2.10. The normalized spacial score (nSPS) is 23.0. The molecule has 1 aliphatic rings. The summed E-state index contributed by atoms with van der Waals surface area (Å²) in [6.07, 6.45) is 0. The highest BCUT2D eigenvalue weighted by Gasteiger charge is 2.12. The zero-order chi connectivity index (χ0) is 9.10. The van der Waals surface area contributed by atoms with Crippen LogP contribution in [-0.2, 0) is 0 Å². The lowest BCUT2D eigenvalue weighted by Gasteiger charge is -2.24. The van der Waals surface area contributed by atoms with Gasteiger partial charge < -0.3 is 10.6 Å². The standard InChI is InChI=1S/C11H16N2/c1-9-2-4-10(5-3-9)11-8-12-6-7-13-11/h2-5,11-13H,6-8H2,1H3. The summed E-state index contributed by atoms with van der Waals surface area (Å²) >= 11 is 0. The summed E-state index contributed by atoms with van der Waals surface area (Å²) < 4.78 is 0. The van der Waals surface area contributed by atoms with E-state index in [2.05, 4.69) is 41.8 Å².